The maximum absolute atomic E-state index is 5.69. The van der Waals surface area contributed by atoms with Crippen molar-refractivity contribution in [1.82, 2.24) is 14.9 Å². The van der Waals surface area contributed by atoms with Crippen molar-refractivity contribution in [3.8, 4) is 0 Å². The quantitative estimate of drug-likeness (QED) is 0.491. The minimum atomic E-state index is 0.554. The molecule has 0 bridgehead atoms. The van der Waals surface area contributed by atoms with Gasteiger partial charge in [-0.1, -0.05) is 11.8 Å². The van der Waals surface area contributed by atoms with E-state index in [0.29, 0.717) is 5.82 Å². The highest BCUT2D eigenvalue weighted by Crippen LogP contribution is 2.16. The highest BCUT2D eigenvalue weighted by Gasteiger charge is 2.09. The van der Waals surface area contributed by atoms with Gasteiger partial charge in [0.25, 0.3) is 0 Å². The summed E-state index contributed by atoms with van der Waals surface area (Å²) in [6.45, 7) is 6.90. The maximum Gasteiger partial charge on any atom is 0.189 e. The maximum atomic E-state index is 5.69. The largest absolute Gasteiger partial charge is 0.384 e. The van der Waals surface area contributed by atoms with Gasteiger partial charge < -0.3 is 10.5 Å². The molecule has 1 aromatic rings. The van der Waals surface area contributed by atoms with Crippen LogP contribution in [0.15, 0.2) is 11.2 Å². The highest BCUT2D eigenvalue weighted by atomic mass is 32.2. The molecule has 0 saturated carbocycles. The zero-order valence-corrected chi connectivity index (χ0v) is 11.6. The lowest BCUT2D eigenvalue weighted by Crippen LogP contribution is -2.36. The van der Waals surface area contributed by atoms with E-state index in [1.165, 1.54) is 0 Å². The Balaban J connectivity index is 1.68. The molecule has 0 spiro atoms. The van der Waals surface area contributed by atoms with Crippen LogP contribution < -0.4 is 5.73 Å². The summed E-state index contributed by atoms with van der Waals surface area (Å²) in [5.74, 6) is 1.58. The fraction of sp³-hybridized carbons (Fsp3) is 0.667. The van der Waals surface area contributed by atoms with Crippen LogP contribution in [0.5, 0.6) is 0 Å². The first-order chi connectivity index (χ1) is 8.74. The van der Waals surface area contributed by atoms with Gasteiger partial charge in [-0.25, -0.2) is 9.97 Å². The molecule has 1 fully saturated rings. The van der Waals surface area contributed by atoms with Crippen molar-refractivity contribution in [2.75, 3.05) is 44.3 Å². The highest BCUT2D eigenvalue weighted by molar-refractivity contribution is 7.99. The van der Waals surface area contributed by atoms with Gasteiger partial charge in [0.05, 0.1) is 13.2 Å². The summed E-state index contributed by atoms with van der Waals surface area (Å²) in [6, 6.07) is 1.79. The number of aromatic nitrogens is 2. The van der Waals surface area contributed by atoms with Gasteiger partial charge in [-0.05, 0) is 19.9 Å². The van der Waals surface area contributed by atoms with Crippen LogP contribution in [-0.2, 0) is 4.74 Å². The molecule has 6 heteroatoms. The van der Waals surface area contributed by atoms with E-state index in [9.17, 15) is 0 Å². The molecule has 1 saturated heterocycles. The average molecular weight is 268 g/mol. The van der Waals surface area contributed by atoms with E-state index in [1.54, 1.807) is 17.8 Å². The minimum absolute atomic E-state index is 0.554. The Hall–Kier alpha value is -0.850. The van der Waals surface area contributed by atoms with Crippen molar-refractivity contribution in [3.63, 3.8) is 0 Å². The molecule has 0 atom stereocenters. The van der Waals surface area contributed by atoms with Crippen LogP contribution >= 0.6 is 11.8 Å². The Morgan fingerprint density at radius 2 is 2.17 bits per heavy atom. The SMILES string of the molecule is Cc1cc(N)nc(SCCCN2CCOCC2)n1. The van der Waals surface area contributed by atoms with Crippen molar-refractivity contribution < 1.29 is 4.74 Å². The summed E-state index contributed by atoms with van der Waals surface area (Å²) >= 11 is 1.68. The normalized spacial score (nSPS) is 16.9. The van der Waals surface area contributed by atoms with Crippen molar-refractivity contribution in [3.05, 3.63) is 11.8 Å². The number of nitrogen functional groups attached to an aromatic ring is 1. The van der Waals surface area contributed by atoms with Gasteiger partial charge in [0.2, 0.25) is 0 Å². The van der Waals surface area contributed by atoms with Crippen molar-refractivity contribution >= 4 is 17.6 Å². The first-order valence-corrected chi connectivity index (χ1v) is 7.26. The monoisotopic (exact) mass is 268 g/mol. The molecule has 1 aromatic heterocycles. The van der Waals surface area contributed by atoms with Gasteiger partial charge >= 0.3 is 0 Å². The lowest BCUT2D eigenvalue weighted by Gasteiger charge is -2.26. The van der Waals surface area contributed by atoms with Crippen LogP contribution in [0.25, 0.3) is 0 Å². The third kappa shape index (κ3) is 4.44. The van der Waals surface area contributed by atoms with Crippen LogP contribution in [-0.4, -0.2) is 53.5 Å². The van der Waals surface area contributed by atoms with Crippen molar-refractivity contribution in [1.29, 1.82) is 0 Å². The van der Waals surface area contributed by atoms with Gasteiger partial charge in [0.15, 0.2) is 5.16 Å². The zero-order chi connectivity index (χ0) is 12.8. The molecule has 0 unspecified atom stereocenters. The summed E-state index contributed by atoms with van der Waals surface area (Å²) in [5.41, 5.74) is 6.62. The molecule has 2 heterocycles. The lowest BCUT2D eigenvalue weighted by molar-refractivity contribution is 0.0381. The standard InChI is InChI=1S/C12H20N4OS/c1-10-9-11(13)15-12(14-10)18-8-2-3-16-4-6-17-7-5-16/h9H,2-8H2,1H3,(H2,13,14,15). The fourth-order valence-electron chi connectivity index (χ4n) is 1.91. The zero-order valence-electron chi connectivity index (χ0n) is 10.8. The summed E-state index contributed by atoms with van der Waals surface area (Å²) < 4.78 is 5.32. The molecule has 5 nitrogen and oxygen atoms in total. The van der Waals surface area contributed by atoms with E-state index in [4.69, 9.17) is 10.5 Å². The van der Waals surface area contributed by atoms with E-state index in [-0.39, 0.29) is 0 Å². The number of ether oxygens (including phenoxy) is 1. The third-order valence-electron chi connectivity index (χ3n) is 2.81. The molecule has 1 aliphatic rings. The minimum Gasteiger partial charge on any atom is -0.384 e. The molecule has 0 aromatic carbocycles. The molecule has 0 aliphatic carbocycles. The molecule has 1 aliphatic heterocycles. The predicted molar refractivity (Wildman–Crippen MR) is 73.8 cm³/mol. The number of hydrogen-bond acceptors (Lipinski definition) is 6. The molecule has 18 heavy (non-hydrogen) atoms. The summed E-state index contributed by atoms with van der Waals surface area (Å²) in [4.78, 5) is 11.0. The number of nitrogens with zero attached hydrogens (tertiary/aromatic N) is 3. The molecular formula is C12H20N4OS. The second kappa shape index (κ2) is 6.92. The third-order valence-corrected chi connectivity index (χ3v) is 3.74. The first kappa shape index (κ1) is 13.6. The van der Waals surface area contributed by atoms with Gasteiger partial charge in [0, 0.05) is 30.6 Å². The number of anilines is 1. The Bertz CT molecular complexity index is 362. The molecule has 0 radical (unpaired) electrons. The Kier molecular flexibility index (Phi) is 5.22. The van der Waals surface area contributed by atoms with Crippen LogP contribution in [0, 0.1) is 6.92 Å². The Morgan fingerprint density at radius 1 is 1.39 bits per heavy atom. The van der Waals surface area contributed by atoms with Crippen LogP contribution in [0.4, 0.5) is 5.82 Å². The number of nitrogens with two attached hydrogens (primary N) is 1. The molecule has 100 valence electrons. The van der Waals surface area contributed by atoms with Crippen LogP contribution in [0.2, 0.25) is 0 Å². The molecule has 2 N–H and O–H groups in total. The molecular weight excluding hydrogens is 248 g/mol. The second-order valence-corrected chi connectivity index (χ2v) is 5.43. The number of thioether (sulfide) groups is 1. The fourth-order valence-corrected chi connectivity index (χ4v) is 2.74. The molecule has 0 amide bonds. The number of morpholine rings is 1. The van der Waals surface area contributed by atoms with Gasteiger partial charge in [-0.15, -0.1) is 0 Å². The van der Waals surface area contributed by atoms with Crippen molar-refractivity contribution in [2.24, 2.45) is 0 Å². The predicted octanol–water partition coefficient (Wildman–Crippen LogP) is 1.18. The lowest BCUT2D eigenvalue weighted by atomic mass is 10.4. The summed E-state index contributed by atoms with van der Waals surface area (Å²) in [7, 11) is 0. The van der Waals surface area contributed by atoms with Crippen molar-refractivity contribution in [2.45, 2.75) is 18.5 Å². The smallest absolute Gasteiger partial charge is 0.189 e. The molecule has 2 rings (SSSR count). The Morgan fingerprint density at radius 3 is 2.89 bits per heavy atom. The van der Waals surface area contributed by atoms with E-state index >= 15 is 0 Å². The second-order valence-electron chi connectivity index (χ2n) is 4.37. The number of hydrogen-bond donors (Lipinski definition) is 1. The number of aryl methyl sites for hydroxylation is 1. The van der Waals surface area contributed by atoms with Crippen LogP contribution in [0.3, 0.4) is 0 Å². The average Bonchev–Trinajstić information content (AvgIpc) is 2.35. The van der Waals surface area contributed by atoms with E-state index in [0.717, 1.165) is 55.9 Å². The van der Waals surface area contributed by atoms with Crippen LogP contribution in [0.1, 0.15) is 12.1 Å². The van der Waals surface area contributed by atoms with E-state index in [2.05, 4.69) is 14.9 Å². The topological polar surface area (TPSA) is 64.3 Å². The van der Waals surface area contributed by atoms with Gasteiger partial charge in [-0.2, -0.15) is 0 Å². The Labute approximate surface area is 112 Å². The summed E-state index contributed by atoms with van der Waals surface area (Å²) in [6.07, 6.45) is 1.14. The van der Waals surface area contributed by atoms with E-state index in [1.807, 2.05) is 6.92 Å². The van der Waals surface area contributed by atoms with E-state index < -0.39 is 0 Å². The van der Waals surface area contributed by atoms with Gasteiger partial charge in [-0.3, -0.25) is 4.90 Å². The summed E-state index contributed by atoms with van der Waals surface area (Å²) in [5, 5.41) is 0.787. The first-order valence-electron chi connectivity index (χ1n) is 6.28. The number of rotatable bonds is 5. The van der Waals surface area contributed by atoms with Gasteiger partial charge in [0.1, 0.15) is 5.82 Å².